The van der Waals surface area contributed by atoms with Crippen molar-refractivity contribution < 1.29 is 18.9 Å². The molecule has 76 valence electrons. The van der Waals surface area contributed by atoms with Crippen molar-refractivity contribution in [3.63, 3.8) is 0 Å². The van der Waals surface area contributed by atoms with Crippen molar-refractivity contribution in [1.82, 2.24) is 0 Å². The lowest BCUT2D eigenvalue weighted by atomic mass is 10.2. The minimum Gasteiger partial charge on any atom is -0.364 e. The van der Waals surface area contributed by atoms with Crippen molar-refractivity contribution in [2.45, 2.75) is 45.1 Å². The lowest BCUT2D eigenvalue weighted by Crippen LogP contribution is -2.37. The van der Waals surface area contributed by atoms with E-state index in [2.05, 4.69) is 0 Å². The van der Waals surface area contributed by atoms with E-state index >= 15 is 0 Å². The summed E-state index contributed by atoms with van der Waals surface area (Å²) < 4.78 is 21.7. The molecule has 0 amide bonds. The molecule has 2 heterocycles. The quantitative estimate of drug-likeness (QED) is 0.614. The van der Waals surface area contributed by atoms with E-state index in [1.807, 2.05) is 13.8 Å². The minimum atomic E-state index is -0.222. The van der Waals surface area contributed by atoms with Crippen LogP contribution in [0.1, 0.15) is 20.3 Å². The van der Waals surface area contributed by atoms with Gasteiger partial charge in [-0.2, -0.15) is 0 Å². The summed E-state index contributed by atoms with van der Waals surface area (Å²) in [4.78, 5) is 0. The lowest BCUT2D eigenvalue weighted by Gasteiger charge is -2.26. The van der Waals surface area contributed by atoms with Gasteiger partial charge in [0, 0.05) is 19.6 Å². The second-order valence-corrected chi connectivity index (χ2v) is 3.22. The van der Waals surface area contributed by atoms with Crippen LogP contribution in [0.15, 0.2) is 0 Å². The van der Waals surface area contributed by atoms with E-state index < -0.39 is 0 Å². The largest absolute Gasteiger partial charge is 0.364 e. The molecule has 0 aromatic rings. The zero-order chi connectivity index (χ0) is 9.26. The molecule has 4 unspecified atom stereocenters. The average Bonchev–Trinajstić information content (AvgIpc) is 2.84. The Morgan fingerprint density at radius 3 is 2.62 bits per heavy atom. The fourth-order valence-electron chi connectivity index (χ4n) is 1.65. The molecule has 2 saturated heterocycles. The van der Waals surface area contributed by atoms with Crippen LogP contribution in [-0.2, 0) is 18.9 Å². The summed E-state index contributed by atoms with van der Waals surface area (Å²) in [5.74, 6) is 0. The molecule has 0 bridgehead atoms. The average molecular weight is 188 g/mol. The molecule has 0 radical (unpaired) electrons. The van der Waals surface area contributed by atoms with Crippen molar-refractivity contribution in [2.24, 2.45) is 0 Å². The van der Waals surface area contributed by atoms with Gasteiger partial charge in [0.1, 0.15) is 6.10 Å². The van der Waals surface area contributed by atoms with Crippen molar-refractivity contribution >= 4 is 0 Å². The Morgan fingerprint density at radius 2 is 1.92 bits per heavy atom. The van der Waals surface area contributed by atoms with E-state index in [1.54, 1.807) is 0 Å². The standard InChI is InChI=1S/C9H16O4/c1-3-10-7-5-6-8(12-6)9(13-7)11-4-2/h6-9H,3-5H2,1-2H3. The van der Waals surface area contributed by atoms with Gasteiger partial charge in [0.15, 0.2) is 12.6 Å². The first-order valence-electron chi connectivity index (χ1n) is 4.89. The molecule has 0 aromatic heterocycles. The van der Waals surface area contributed by atoms with Crippen molar-refractivity contribution in [2.75, 3.05) is 13.2 Å². The Labute approximate surface area is 78.1 Å². The van der Waals surface area contributed by atoms with Crippen LogP contribution in [0.5, 0.6) is 0 Å². The minimum absolute atomic E-state index is 0.148. The second kappa shape index (κ2) is 3.92. The Kier molecular flexibility index (Phi) is 2.83. The van der Waals surface area contributed by atoms with Crippen LogP contribution >= 0.6 is 0 Å². The summed E-state index contributed by atoms with van der Waals surface area (Å²) >= 11 is 0. The molecule has 0 aliphatic carbocycles. The highest BCUT2D eigenvalue weighted by atomic mass is 16.8. The Hall–Kier alpha value is -0.160. The second-order valence-electron chi connectivity index (χ2n) is 3.22. The van der Waals surface area contributed by atoms with Gasteiger partial charge < -0.3 is 18.9 Å². The van der Waals surface area contributed by atoms with Crippen molar-refractivity contribution in [1.29, 1.82) is 0 Å². The number of hydrogen-bond acceptors (Lipinski definition) is 4. The topological polar surface area (TPSA) is 40.2 Å². The number of hydrogen-bond donors (Lipinski definition) is 0. The highest BCUT2D eigenvalue weighted by Gasteiger charge is 2.52. The van der Waals surface area contributed by atoms with Gasteiger partial charge in [-0.25, -0.2) is 0 Å². The number of fused-ring (bicyclic) bond motifs is 1. The van der Waals surface area contributed by atoms with Gasteiger partial charge >= 0.3 is 0 Å². The molecule has 4 atom stereocenters. The van der Waals surface area contributed by atoms with Crippen LogP contribution in [0.3, 0.4) is 0 Å². The van der Waals surface area contributed by atoms with Gasteiger partial charge in [-0.15, -0.1) is 0 Å². The first kappa shape index (κ1) is 9.40. The molecule has 13 heavy (non-hydrogen) atoms. The summed E-state index contributed by atoms with van der Waals surface area (Å²) in [6, 6.07) is 0. The lowest BCUT2D eigenvalue weighted by molar-refractivity contribution is -0.257. The number of rotatable bonds is 4. The van der Waals surface area contributed by atoms with Crippen molar-refractivity contribution in [3.8, 4) is 0 Å². The molecular weight excluding hydrogens is 172 g/mol. The third-order valence-corrected chi connectivity index (χ3v) is 2.28. The predicted molar refractivity (Wildman–Crippen MR) is 45.2 cm³/mol. The van der Waals surface area contributed by atoms with E-state index in [0.29, 0.717) is 19.3 Å². The number of ether oxygens (including phenoxy) is 4. The summed E-state index contributed by atoms with van der Waals surface area (Å²) in [6.45, 7) is 5.22. The summed E-state index contributed by atoms with van der Waals surface area (Å²) in [5.41, 5.74) is 0. The van der Waals surface area contributed by atoms with Gasteiger partial charge in [0.25, 0.3) is 0 Å². The van der Waals surface area contributed by atoms with Crippen molar-refractivity contribution in [3.05, 3.63) is 0 Å². The van der Waals surface area contributed by atoms with Gasteiger partial charge in [0.05, 0.1) is 6.10 Å². The van der Waals surface area contributed by atoms with Gasteiger partial charge in [0.2, 0.25) is 0 Å². The zero-order valence-electron chi connectivity index (χ0n) is 8.06. The molecule has 0 spiro atoms. The summed E-state index contributed by atoms with van der Waals surface area (Å²) in [6.07, 6.45) is 0.909. The molecule has 2 rings (SSSR count). The first-order chi connectivity index (χ1) is 6.35. The third kappa shape index (κ3) is 2.02. The Balaban J connectivity index is 1.83. The summed E-state index contributed by atoms with van der Waals surface area (Å²) in [7, 11) is 0. The maximum atomic E-state index is 5.55. The Morgan fingerprint density at radius 1 is 1.15 bits per heavy atom. The third-order valence-electron chi connectivity index (χ3n) is 2.28. The zero-order valence-corrected chi connectivity index (χ0v) is 8.06. The SMILES string of the molecule is CCOC1CC2OC2C(OCC)O1. The van der Waals surface area contributed by atoms with Crippen LogP contribution in [0, 0.1) is 0 Å². The van der Waals surface area contributed by atoms with Crippen LogP contribution in [0.4, 0.5) is 0 Å². The molecule has 4 heteroatoms. The molecule has 2 aliphatic rings. The van der Waals surface area contributed by atoms with E-state index in [1.165, 1.54) is 0 Å². The fourth-order valence-corrected chi connectivity index (χ4v) is 1.65. The molecule has 0 aromatic carbocycles. The van der Waals surface area contributed by atoms with E-state index in [0.717, 1.165) is 6.42 Å². The molecule has 2 fully saturated rings. The maximum Gasteiger partial charge on any atom is 0.189 e. The van der Waals surface area contributed by atoms with E-state index in [9.17, 15) is 0 Å². The Bertz CT molecular complexity index is 173. The van der Waals surface area contributed by atoms with E-state index in [4.69, 9.17) is 18.9 Å². The normalized spacial score (nSPS) is 42.9. The molecular formula is C9H16O4. The molecule has 2 aliphatic heterocycles. The van der Waals surface area contributed by atoms with Gasteiger partial charge in [-0.05, 0) is 13.8 Å². The van der Waals surface area contributed by atoms with Crippen LogP contribution < -0.4 is 0 Å². The van der Waals surface area contributed by atoms with Crippen LogP contribution in [0.25, 0.3) is 0 Å². The molecule has 0 saturated carbocycles. The number of epoxide rings is 1. The fraction of sp³-hybridized carbons (Fsp3) is 1.00. The molecule has 0 N–H and O–H groups in total. The van der Waals surface area contributed by atoms with Crippen LogP contribution in [0.2, 0.25) is 0 Å². The van der Waals surface area contributed by atoms with Gasteiger partial charge in [-0.1, -0.05) is 0 Å². The first-order valence-corrected chi connectivity index (χ1v) is 4.89. The highest BCUT2D eigenvalue weighted by molar-refractivity contribution is 4.92. The smallest absolute Gasteiger partial charge is 0.189 e. The van der Waals surface area contributed by atoms with Crippen LogP contribution in [-0.4, -0.2) is 38.0 Å². The monoisotopic (exact) mass is 188 g/mol. The maximum absolute atomic E-state index is 5.55. The summed E-state index contributed by atoms with van der Waals surface area (Å²) in [5, 5.41) is 0. The highest BCUT2D eigenvalue weighted by Crippen LogP contribution is 2.37. The molecule has 4 nitrogen and oxygen atoms in total. The predicted octanol–water partition coefficient (Wildman–Crippen LogP) is 0.899. The van der Waals surface area contributed by atoms with E-state index in [-0.39, 0.29) is 18.7 Å². The van der Waals surface area contributed by atoms with Gasteiger partial charge in [-0.3, -0.25) is 0 Å².